The molecule has 5 nitrogen and oxygen atoms in total. The van der Waals surface area contributed by atoms with Gasteiger partial charge in [0.25, 0.3) is 5.91 Å². The second-order valence-corrected chi connectivity index (χ2v) is 9.49. The molecule has 0 N–H and O–H groups in total. The average molecular weight is 399 g/mol. The van der Waals surface area contributed by atoms with E-state index in [9.17, 15) is 13.2 Å². The molecule has 134 valence electrons. The van der Waals surface area contributed by atoms with Crippen LogP contribution in [0.3, 0.4) is 0 Å². The van der Waals surface area contributed by atoms with Crippen molar-refractivity contribution in [2.24, 2.45) is 0 Å². The molecular weight excluding hydrogens is 380 g/mol. The summed E-state index contributed by atoms with van der Waals surface area (Å²) in [5.74, 6) is -0.155. The quantitative estimate of drug-likeness (QED) is 0.794. The molecule has 0 aliphatic carbocycles. The Morgan fingerprint density at radius 2 is 1.92 bits per heavy atom. The third-order valence-electron chi connectivity index (χ3n) is 4.20. The van der Waals surface area contributed by atoms with Gasteiger partial charge in [0.05, 0.1) is 9.92 Å². The molecule has 1 aliphatic rings. The maximum atomic E-state index is 12.7. The zero-order chi connectivity index (χ0) is 18.0. The van der Waals surface area contributed by atoms with E-state index >= 15 is 0 Å². The van der Waals surface area contributed by atoms with Gasteiger partial charge in [-0.1, -0.05) is 17.7 Å². The molecule has 1 saturated heterocycles. The fourth-order valence-corrected chi connectivity index (χ4v) is 4.88. The molecule has 1 amide bonds. The number of thiophene rings is 1. The number of hydrogen-bond donors (Lipinski definition) is 0. The minimum Gasteiger partial charge on any atom is -0.336 e. The highest BCUT2D eigenvalue weighted by atomic mass is 35.5. The molecule has 0 saturated carbocycles. The first-order chi connectivity index (χ1) is 11.8. The molecule has 1 fully saturated rings. The number of halogens is 1. The lowest BCUT2D eigenvalue weighted by molar-refractivity contribution is 0.0629. The van der Waals surface area contributed by atoms with Gasteiger partial charge in [-0.15, -0.1) is 11.3 Å². The van der Waals surface area contributed by atoms with Crippen LogP contribution < -0.4 is 0 Å². The number of carbonyl (C=O) groups excluding carboxylic acids is 1. The third-order valence-corrected chi connectivity index (χ3v) is 6.64. The molecule has 3 rings (SSSR count). The zero-order valence-electron chi connectivity index (χ0n) is 13.8. The Balaban J connectivity index is 1.67. The minimum absolute atomic E-state index is 0.00338. The third kappa shape index (κ3) is 4.41. The van der Waals surface area contributed by atoms with Crippen molar-refractivity contribution in [3.63, 3.8) is 0 Å². The standard InChI is InChI=1S/C17H19ClN2O3S2/c1-25(22,23)16-11-13(4-5-15(16)18)17(21)20-8-6-19(7-9-20)12-14-3-2-10-24-14/h2-5,10-11H,6-9,12H2,1H3. The van der Waals surface area contributed by atoms with E-state index in [0.29, 0.717) is 18.7 Å². The Labute approximate surface area is 156 Å². The van der Waals surface area contributed by atoms with Crippen molar-refractivity contribution in [2.75, 3.05) is 32.4 Å². The van der Waals surface area contributed by atoms with Crippen molar-refractivity contribution < 1.29 is 13.2 Å². The van der Waals surface area contributed by atoms with Gasteiger partial charge in [-0.25, -0.2) is 8.42 Å². The number of piperazine rings is 1. The molecular formula is C17H19ClN2O3S2. The fourth-order valence-electron chi connectivity index (χ4n) is 2.84. The molecule has 0 atom stereocenters. The summed E-state index contributed by atoms with van der Waals surface area (Å²) >= 11 is 7.68. The number of benzene rings is 1. The van der Waals surface area contributed by atoms with Crippen molar-refractivity contribution in [3.8, 4) is 0 Å². The summed E-state index contributed by atoms with van der Waals surface area (Å²) in [4.78, 5) is 18.1. The predicted octanol–water partition coefficient (Wildman–Crippen LogP) is 2.76. The van der Waals surface area contributed by atoms with Crippen molar-refractivity contribution >= 4 is 38.7 Å². The monoisotopic (exact) mass is 398 g/mol. The molecule has 1 aromatic carbocycles. The normalized spacial score (nSPS) is 16.2. The van der Waals surface area contributed by atoms with Gasteiger partial charge >= 0.3 is 0 Å². The van der Waals surface area contributed by atoms with E-state index < -0.39 is 9.84 Å². The molecule has 0 spiro atoms. The van der Waals surface area contributed by atoms with Crippen LogP contribution in [0.15, 0.2) is 40.6 Å². The van der Waals surface area contributed by atoms with Crippen LogP contribution in [0.25, 0.3) is 0 Å². The van der Waals surface area contributed by atoms with Gasteiger partial charge in [-0.05, 0) is 29.6 Å². The lowest BCUT2D eigenvalue weighted by atomic mass is 10.2. The van der Waals surface area contributed by atoms with Crippen molar-refractivity contribution in [1.29, 1.82) is 0 Å². The Morgan fingerprint density at radius 1 is 1.20 bits per heavy atom. The number of carbonyl (C=O) groups is 1. The summed E-state index contributed by atoms with van der Waals surface area (Å²) in [7, 11) is -3.47. The molecule has 0 bridgehead atoms. The zero-order valence-corrected chi connectivity index (χ0v) is 16.2. The number of hydrogen-bond acceptors (Lipinski definition) is 5. The maximum Gasteiger partial charge on any atom is 0.253 e. The largest absolute Gasteiger partial charge is 0.336 e. The van der Waals surface area contributed by atoms with E-state index in [4.69, 9.17) is 11.6 Å². The molecule has 2 heterocycles. The van der Waals surface area contributed by atoms with Crippen LogP contribution >= 0.6 is 22.9 Å². The van der Waals surface area contributed by atoms with E-state index in [-0.39, 0.29) is 15.8 Å². The number of sulfone groups is 1. The SMILES string of the molecule is CS(=O)(=O)c1cc(C(=O)N2CCN(Cc3cccs3)CC2)ccc1Cl. The predicted molar refractivity (Wildman–Crippen MR) is 100 cm³/mol. The first-order valence-corrected chi connectivity index (χ1v) is 11.0. The smallest absolute Gasteiger partial charge is 0.253 e. The van der Waals surface area contributed by atoms with Crippen molar-refractivity contribution in [2.45, 2.75) is 11.4 Å². The highest BCUT2D eigenvalue weighted by Gasteiger charge is 2.24. The van der Waals surface area contributed by atoms with E-state index in [1.165, 1.54) is 17.0 Å². The van der Waals surface area contributed by atoms with E-state index in [1.54, 1.807) is 22.3 Å². The summed E-state index contributed by atoms with van der Waals surface area (Å²) in [6, 6.07) is 8.58. The van der Waals surface area contributed by atoms with Crippen LogP contribution in [-0.4, -0.2) is 56.6 Å². The van der Waals surface area contributed by atoms with Gasteiger partial charge < -0.3 is 4.90 Å². The van der Waals surface area contributed by atoms with Gasteiger partial charge in [-0.2, -0.15) is 0 Å². The van der Waals surface area contributed by atoms with E-state index in [1.807, 2.05) is 6.07 Å². The summed E-state index contributed by atoms with van der Waals surface area (Å²) in [6.07, 6.45) is 1.09. The highest BCUT2D eigenvalue weighted by Crippen LogP contribution is 2.23. The van der Waals surface area contributed by atoms with Crippen LogP contribution in [-0.2, 0) is 16.4 Å². The average Bonchev–Trinajstić information content (AvgIpc) is 3.07. The van der Waals surface area contributed by atoms with Gasteiger partial charge in [0, 0.05) is 49.4 Å². The Hall–Kier alpha value is -1.41. The number of amides is 1. The lowest BCUT2D eigenvalue weighted by Gasteiger charge is -2.34. The van der Waals surface area contributed by atoms with Crippen LogP contribution in [0, 0.1) is 0 Å². The highest BCUT2D eigenvalue weighted by molar-refractivity contribution is 7.90. The first kappa shape index (κ1) is 18.4. The summed E-state index contributed by atoms with van der Waals surface area (Å²) in [6.45, 7) is 3.76. The fraction of sp³-hybridized carbons (Fsp3) is 0.353. The minimum atomic E-state index is -3.47. The molecule has 1 aromatic heterocycles. The number of nitrogens with zero attached hydrogens (tertiary/aromatic N) is 2. The second-order valence-electron chi connectivity index (χ2n) is 6.07. The van der Waals surface area contributed by atoms with Gasteiger partial charge in [0.2, 0.25) is 0 Å². The van der Waals surface area contributed by atoms with Crippen LogP contribution in [0.2, 0.25) is 5.02 Å². The second kappa shape index (κ2) is 7.45. The Kier molecular flexibility index (Phi) is 5.48. The lowest BCUT2D eigenvalue weighted by Crippen LogP contribution is -2.48. The van der Waals surface area contributed by atoms with Crippen molar-refractivity contribution in [3.05, 3.63) is 51.2 Å². The topological polar surface area (TPSA) is 57.7 Å². The molecule has 0 unspecified atom stereocenters. The van der Waals surface area contributed by atoms with Crippen LogP contribution in [0.1, 0.15) is 15.2 Å². The van der Waals surface area contributed by atoms with Crippen molar-refractivity contribution in [1.82, 2.24) is 9.80 Å². The number of rotatable bonds is 4. The molecule has 0 radical (unpaired) electrons. The maximum absolute atomic E-state index is 12.7. The van der Waals surface area contributed by atoms with Crippen LogP contribution in [0.4, 0.5) is 0 Å². The molecule has 8 heteroatoms. The summed E-state index contributed by atoms with van der Waals surface area (Å²) in [5.41, 5.74) is 0.358. The first-order valence-electron chi connectivity index (χ1n) is 7.88. The van der Waals surface area contributed by atoms with Gasteiger partial charge in [-0.3, -0.25) is 9.69 Å². The molecule has 1 aliphatic heterocycles. The van der Waals surface area contributed by atoms with Gasteiger partial charge in [0.15, 0.2) is 9.84 Å². The van der Waals surface area contributed by atoms with Gasteiger partial charge in [0.1, 0.15) is 0 Å². The van der Waals surface area contributed by atoms with E-state index in [0.717, 1.165) is 25.9 Å². The van der Waals surface area contributed by atoms with E-state index in [2.05, 4.69) is 16.3 Å². The molecule has 25 heavy (non-hydrogen) atoms. The Bertz CT molecular complexity index is 858. The summed E-state index contributed by atoms with van der Waals surface area (Å²) < 4.78 is 23.6. The Morgan fingerprint density at radius 3 is 2.52 bits per heavy atom. The molecule has 2 aromatic rings. The van der Waals surface area contributed by atoms with Crippen LogP contribution in [0.5, 0.6) is 0 Å². The summed E-state index contributed by atoms with van der Waals surface area (Å²) in [5, 5.41) is 2.20.